The average molecular weight is 659 g/mol. The molecule has 1 aromatic heterocycles. The lowest BCUT2D eigenvalue weighted by molar-refractivity contribution is -0.245. The third-order valence-corrected chi connectivity index (χ3v) is 9.30. The van der Waals surface area contributed by atoms with Gasteiger partial charge in [-0.3, -0.25) is 9.59 Å². The lowest BCUT2D eigenvalue weighted by Gasteiger charge is -2.36. The van der Waals surface area contributed by atoms with Crippen LogP contribution in [0.15, 0.2) is 84.3 Å². The number of unbranched alkanes of at least 4 members (excludes halogenated alkanes) is 3. The summed E-state index contributed by atoms with van der Waals surface area (Å²) in [6.07, 6.45) is 5.16. The fourth-order valence-electron chi connectivity index (χ4n) is 5.52. The van der Waals surface area contributed by atoms with E-state index in [0.29, 0.717) is 31.6 Å². The van der Waals surface area contributed by atoms with Gasteiger partial charge in [0, 0.05) is 44.2 Å². The minimum atomic E-state index is -0.777. The third kappa shape index (κ3) is 10.2. The maximum Gasteiger partial charge on any atom is 0.303 e. The standard InChI is InChI=1S/C36H42N4O6S/c1-40-24-38-39-36(40)47-23-31-20-32(27-16-14-25(22-41)15-17-27)46-35(45-31)30-11-7-10-29(19-30)28-9-6-8-26(18-28)21-37-33(42)12-4-2-3-5-13-34(43)44/h6-11,14-19,24,31-32,35,41H,2-5,12-13,20-23H2,1H3,(H,37,42)(H,43,44)/t31-,32+,35+/m1/s1. The summed E-state index contributed by atoms with van der Waals surface area (Å²) in [6.45, 7) is 0.425. The van der Waals surface area contributed by atoms with Crippen LogP contribution < -0.4 is 5.32 Å². The van der Waals surface area contributed by atoms with Crippen molar-refractivity contribution in [1.29, 1.82) is 0 Å². The second-order valence-electron chi connectivity index (χ2n) is 11.8. The zero-order valence-corrected chi connectivity index (χ0v) is 27.4. The summed E-state index contributed by atoms with van der Waals surface area (Å²) >= 11 is 1.60. The molecule has 1 amide bonds. The Labute approximate surface area is 279 Å². The van der Waals surface area contributed by atoms with Gasteiger partial charge in [-0.1, -0.05) is 85.3 Å². The number of aliphatic carboxylic acids is 1. The Kier molecular flexibility index (Phi) is 12.6. The molecule has 0 radical (unpaired) electrons. The van der Waals surface area contributed by atoms with Crippen molar-refractivity contribution in [3.8, 4) is 11.1 Å². The van der Waals surface area contributed by atoms with Crippen LogP contribution >= 0.6 is 11.8 Å². The lowest BCUT2D eigenvalue weighted by Crippen LogP contribution is -2.31. The van der Waals surface area contributed by atoms with E-state index in [9.17, 15) is 14.7 Å². The van der Waals surface area contributed by atoms with Crippen molar-refractivity contribution in [1.82, 2.24) is 20.1 Å². The second kappa shape index (κ2) is 17.2. The zero-order chi connectivity index (χ0) is 33.0. The van der Waals surface area contributed by atoms with E-state index in [1.54, 1.807) is 18.1 Å². The summed E-state index contributed by atoms with van der Waals surface area (Å²) in [4.78, 5) is 23.0. The van der Waals surface area contributed by atoms with E-state index in [1.807, 2.05) is 60.1 Å². The molecule has 248 valence electrons. The van der Waals surface area contributed by atoms with Crippen molar-refractivity contribution >= 4 is 23.6 Å². The van der Waals surface area contributed by atoms with Crippen LogP contribution in [-0.4, -0.2) is 48.7 Å². The highest BCUT2D eigenvalue weighted by atomic mass is 32.2. The number of aromatic nitrogens is 3. The highest BCUT2D eigenvalue weighted by Crippen LogP contribution is 2.40. The fourth-order valence-corrected chi connectivity index (χ4v) is 6.43. The monoisotopic (exact) mass is 658 g/mol. The van der Waals surface area contributed by atoms with Crippen molar-refractivity contribution in [3.05, 3.63) is 101 Å². The van der Waals surface area contributed by atoms with E-state index >= 15 is 0 Å². The number of aliphatic hydroxyl groups excluding tert-OH is 1. The van der Waals surface area contributed by atoms with Crippen molar-refractivity contribution in [2.75, 3.05) is 5.75 Å². The number of aliphatic hydroxyl groups is 1. The first-order chi connectivity index (χ1) is 22.9. The summed E-state index contributed by atoms with van der Waals surface area (Å²) in [5.41, 5.74) is 5.84. The summed E-state index contributed by atoms with van der Waals surface area (Å²) in [6, 6.07) is 24.2. The minimum absolute atomic E-state index is 0.00493. The predicted octanol–water partition coefficient (Wildman–Crippen LogP) is 6.35. The van der Waals surface area contributed by atoms with Gasteiger partial charge in [0.15, 0.2) is 11.4 Å². The smallest absolute Gasteiger partial charge is 0.303 e. The first-order valence-corrected chi connectivity index (χ1v) is 17.0. The van der Waals surface area contributed by atoms with E-state index < -0.39 is 12.3 Å². The Hall–Kier alpha value is -4.03. The van der Waals surface area contributed by atoms with Gasteiger partial charge in [0.05, 0.1) is 18.8 Å². The molecular formula is C36H42N4O6S. The first kappa shape index (κ1) is 34.3. The van der Waals surface area contributed by atoms with Crippen LogP contribution in [0.3, 0.4) is 0 Å². The summed E-state index contributed by atoms with van der Waals surface area (Å²) in [5.74, 6) is -0.0916. The topological polar surface area (TPSA) is 136 Å². The highest BCUT2D eigenvalue weighted by molar-refractivity contribution is 7.99. The van der Waals surface area contributed by atoms with E-state index in [1.165, 1.54) is 0 Å². The lowest BCUT2D eigenvalue weighted by atomic mass is 9.99. The number of nitrogens with one attached hydrogen (secondary N) is 1. The maximum atomic E-state index is 12.4. The number of carboxylic acids is 1. The molecule has 0 spiro atoms. The SMILES string of the molecule is Cn1cnnc1SC[C@H]1C[C@@H](c2ccc(CO)cc2)O[C@@H](c2cccc(-c3cccc(CNC(=O)CCCCCCC(=O)O)c3)c2)O1. The number of thioether (sulfide) groups is 1. The Morgan fingerprint density at radius 2 is 1.66 bits per heavy atom. The predicted molar refractivity (Wildman–Crippen MR) is 179 cm³/mol. The normalized spacial score (nSPS) is 17.8. The van der Waals surface area contributed by atoms with Crippen LogP contribution in [0.25, 0.3) is 11.1 Å². The highest BCUT2D eigenvalue weighted by Gasteiger charge is 2.32. The number of nitrogens with zero attached hydrogens (tertiary/aromatic N) is 3. The second-order valence-corrected chi connectivity index (χ2v) is 12.8. The van der Waals surface area contributed by atoms with Gasteiger partial charge in [-0.05, 0) is 52.8 Å². The third-order valence-electron chi connectivity index (χ3n) is 8.14. The number of benzene rings is 3. The van der Waals surface area contributed by atoms with E-state index in [0.717, 1.165) is 57.8 Å². The van der Waals surface area contributed by atoms with E-state index in [-0.39, 0.29) is 31.1 Å². The van der Waals surface area contributed by atoms with E-state index in [2.05, 4.69) is 39.8 Å². The molecule has 1 aliphatic rings. The number of hydrogen-bond acceptors (Lipinski definition) is 8. The van der Waals surface area contributed by atoms with Gasteiger partial charge >= 0.3 is 5.97 Å². The number of hydrogen-bond donors (Lipinski definition) is 3. The Morgan fingerprint density at radius 3 is 2.38 bits per heavy atom. The summed E-state index contributed by atoms with van der Waals surface area (Å²) in [7, 11) is 1.92. The molecule has 11 heteroatoms. The molecule has 3 N–H and O–H groups in total. The number of aryl methyl sites for hydroxylation is 1. The van der Waals surface area contributed by atoms with Gasteiger partial charge in [-0.15, -0.1) is 10.2 Å². The maximum absolute atomic E-state index is 12.4. The molecule has 3 atom stereocenters. The number of carboxylic acid groups (broad SMARTS) is 1. The molecule has 2 heterocycles. The van der Waals surface area contributed by atoms with Gasteiger partial charge in [0.25, 0.3) is 0 Å². The van der Waals surface area contributed by atoms with Gasteiger partial charge < -0.3 is 29.6 Å². The first-order valence-electron chi connectivity index (χ1n) is 16.0. The Morgan fingerprint density at radius 1 is 0.915 bits per heavy atom. The van der Waals surface area contributed by atoms with Crippen LogP contribution in [0.1, 0.15) is 79.6 Å². The van der Waals surface area contributed by atoms with Crippen LogP contribution in [0, 0.1) is 0 Å². The fraction of sp³-hybridized carbons (Fsp3) is 0.389. The number of carbonyl (C=O) groups is 2. The largest absolute Gasteiger partial charge is 0.481 e. The molecule has 0 saturated carbocycles. The molecule has 10 nitrogen and oxygen atoms in total. The molecule has 0 aliphatic carbocycles. The minimum Gasteiger partial charge on any atom is -0.481 e. The Bertz CT molecular complexity index is 1610. The molecule has 3 aromatic carbocycles. The van der Waals surface area contributed by atoms with Gasteiger partial charge in [-0.25, -0.2) is 0 Å². The van der Waals surface area contributed by atoms with Crippen molar-refractivity contribution in [2.24, 2.45) is 7.05 Å². The van der Waals surface area contributed by atoms with Gasteiger partial charge in [-0.2, -0.15) is 0 Å². The molecule has 0 bridgehead atoms. The Balaban J connectivity index is 1.24. The van der Waals surface area contributed by atoms with Crippen molar-refractivity contribution in [3.63, 3.8) is 0 Å². The molecule has 1 saturated heterocycles. The summed E-state index contributed by atoms with van der Waals surface area (Å²) < 4.78 is 15.0. The number of amides is 1. The molecule has 1 aliphatic heterocycles. The van der Waals surface area contributed by atoms with Crippen LogP contribution in [0.5, 0.6) is 0 Å². The number of rotatable bonds is 16. The molecule has 47 heavy (non-hydrogen) atoms. The average Bonchev–Trinajstić information content (AvgIpc) is 3.52. The molecule has 0 unspecified atom stereocenters. The quantitative estimate of drug-likeness (QED) is 0.0929. The van der Waals surface area contributed by atoms with Gasteiger partial charge in [0.2, 0.25) is 5.91 Å². The van der Waals surface area contributed by atoms with Crippen molar-refractivity contribution < 1.29 is 29.3 Å². The van der Waals surface area contributed by atoms with Crippen molar-refractivity contribution in [2.45, 2.75) is 81.8 Å². The van der Waals surface area contributed by atoms with Crippen LogP contribution in [0.2, 0.25) is 0 Å². The van der Waals surface area contributed by atoms with Gasteiger partial charge in [0.1, 0.15) is 6.33 Å². The molecular weight excluding hydrogens is 616 g/mol. The number of carbonyl (C=O) groups excluding carboxylic acids is 1. The molecule has 5 rings (SSSR count). The molecule has 4 aromatic rings. The summed E-state index contributed by atoms with van der Waals surface area (Å²) in [5, 5.41) is 30.3. The molecule has 1 fully saturated rings. The van der Waals surface area contributed by atoms with Crippen LogP contribution in [-0.2, 0) is 39.3 Å². The van der Waals surface area contributed by atoms with Crippen LogP contribution in [0.4, 0.5) is 0 Å². The number of ether oxygens (including phenoxy) is 2. The van der Waals surface area contributed by atoms with E-state index in [4.69, 9.17) is 14.6 Å². The zero-order valence-electron chi connectivity index (χ0n) is 26.6.